The summed E-state index contributed by atoms with van der Waals surface area (Å²) < 4.78 is 0. The van der Waals surface area contributed by atoms with Crippen LogP contribution in [-0.4, -0.2) is 0 Å². The normalized spacial score (nSPS) is 14.8. The molecule has 0 spiro atoms. The molecule has 2 unspecified atom stereocenters. The van der Waals surface area contributed by atoms with Gasteiger partial charge in [-0.15, -0.1) is 0 Å². The molecular formula is C17H36. The van der Waals surface area contributed by atoms with Gasteiger partial charge in [-0.25, -0.2) is 0 Å². The Hall–Kier alpha value is 0. The molecule has 0 aliphatic carbocycles. The minimum Gasteiger partial charge on any atom is -0.0654 e. The summed E-state index contributed by atoms with van der Waals surface area (Å²) in [6, 6.07) is 0. The fourth-order valence-corrected chi connectivity index (χ4v) is 2.51. The molecular weight excluding hydrogens is 204 g/mol. The Kier molecular flexibility index (Phi) is 12.5. The molecule has 0 saturated heterocycles. The second kappa shape index (κ2) is 12.5. The Labute approximate surface area is 111 Å². The number of rotatable bonds is 12. The molecule has 0 aliphatic rings. The van der Waals surface area contributed by atoms with Crippen LogP contribution in [0.25, 0.3) is 0 Å². The van der Waals surface area contributed by atoms with Gasteiger partial charge in [-0.05, 0) is 11.8 Å². The third-order valence-electron chi connectivity index (χ3n) is 4.00. The number of unbranched alkanes of at least 4 members (excludes halogenated alkanes) is 5. The summed E-state index contributed by atoms with van der Waals surface area (Å²) >= 11 is 0. The van der Waals surface area contributed by atoms with Gasteiger partial charge in [-0.1, -0.05) is 98.3 Å². The van der Waals surface area contributed by atoms with Gasteiger partial charge < -0.3 is 0 Å². The Morgan fingerprint density at radius 1 is 0.529 bits per heavy atom. The van der Waals surface area contributed by atoms with Crippen molar-refractivity contribution in [2.45, 2.75) is 98.3 Å². The Bertz CT molecular complexity index is 139. The smallest absolute Gasteiger partial charge is 0.0443 e. The summed E-state index contributed by atoms with van der Waals surface area (Å²) in [5.41, 5.74) is 0. The highest BCUT2D eigenvalue weighted by Crippen LogP contribution is 2.21. The standard InChI is InChI=1S/C17H36/c1-5-7-9-10-11-13-17(4)15-14-16(3)12-8-6-2/h16-17H,5-15H2,1-4H3. The molecule has 0 bridgehead atoms. The van der Waals surface area contributed by atoms with Crippen LogP contribution in [0.3, 0.4) is 0 Å². The van der Waals surface area contributed by atoms with Gasteiger partial charge in [0.05, 0.1) is 0 Å². The topological polar surface area (TPSA) is 0 Å². The van der Waals surface area contributed by atoms with Gasteiger partial charge in [0.2, 0.25) is 0 Å². The third kappa shape index (κ3) is 12.2. The monoisotopic (exact) mass is 240 g/mol. The lowest BCUT2D eigenvalue weighted by molar-refractivity contribution is 0.381. The van der Waals surface area contributed by atoms with E-state index in [2.05, 4.69) is 27.7 Å². The summed E-state index contributed by atoms with van der Waals surface area (Å²) in [4.78, 5) is 0. The first-order valence-electron chi connectivity index (χ1n) is 8.20. The fraction of sp³-hybridized carbons (Fsp3) is 1.00. The predicted octanol–water partition coefficient (Wildman–Crippen LogP) is 6.59. The molecule has 0 fully saturated rings. The lowest BCUT2D eigenvalue weighted by atomic mass is 9.91. The molecule has 0 aromatic heterocycles. The van der Waals surface area contributed by atoms with Crippen LogP contribution < -0.4 is 0 Å². The summed E-state index contributed by atoms with van der Waals surface area (Å²) in [7, 11) is 0. The fourth-order valence-electron chi connectivity index (χ4n) is 2.51. The van der Waals surface area contributed by atoms with E-state index in [9.17, 15) is 0 Å². The van der Waals surface area contributed by atoms with Crippen LogP contribution in [0.4, 0.5) is 0 Å². The molecule has 104 valence electrons. The minimum absolute atomic E-state index is 0.956. The summed E-state index contributed by atoms with van der Waals surface area (Å²) in [5.74, 6) is 1.91. The van der Waals surface area contributed by atoms with Crippen LogP contribution in [-0.2, 0) is 0 Å². The average molecular weight is 240 g/mol. The molecule has 0 amide bonds. The maximum Gasteiger partial charge on any atom is -0.0443 e. The van der Waals surface area contributed by atoms with Crippen molar-refractivity contribution in [3.05, 3.63) is 0 Å². The minimum atomic E-state index is 0.956. The summed E-state index contributed by atoms with van der Waals surface area (Å²) in [6.45, 7) is 9.47. The van der Waals surface area contributed by atoms with Gasteiger partial charge >= 0.3 is 0 Å². The van der Waals surface area contributed by atoms with E-state index >= 15 is 0 Å². The Morgan fingerprint density at radius 2 is 1.00 bits per heavy atom. The average Bonchev–Trinajstić information content (AvgIpc) is 2.33. The lowest BCUT2D eigenvalue weighted by Gasteiger charge is -2.15. The van der Waals surface area contributed by atoms with Crippen molar-refractivity contribution in [1.29, 1.82) is 0 Å². The molecule has 0 heterocycles. The molecule has 0 rings (SSSR count). The molecule has 2 atom stereocenters. The molecule has 0 aromatic carbocycles. The van der Waals surface area contributed by atoms with Gasteiger partial charge in [-0.3, -0.25) is 0 Å². The molecule has 0 radical (unpaired) electrons. The van der Waals surface area contributed by atoms with Gasteiger partial charge in [0.1, 0.15) is 0 Å². The molecule has 0 nitrogen and oxygen atoms in total. The zero-order chi connectivity index (χ0) is 12.9. The van der Waals surface area contributed by atoms with Gasteiger partial charge in [0, 0.05) is 0 Å². The van der Waals surface area contributed by atoms with Crippen LogP contribution in [0.15, 0.2) is 0 Å². The van der Waals surface area contributed by atoms with Crippen molar-refractivity contribution in [3.8, 4) is 0 Å². The molecule has 0 saturated carbocycles. The zero-order valence-corrected chi connectivity index (χ0v) is 12.9. The summed E-state index contributed by atoms with van der Waals surface area (Å²) in [6.07, 6.45) is 15.8. The van der Waals surface area contributed by atoms with Crippen molar-refractivity contribution < 1.29 is 0 Å². The van der Waals surface area contributed by atoms with E-state index < -0.39 is 0 Å². The molecule has 0 N–H and O–H groups in total. The van der Waals surface area contributed by atoms with Crippen molar-refractivity contribution in [2.75, 3.05) is 0 Å². The van der Waals surface area contributed by atoms with E-state index in [-0.39, 0.29) is 0 Å². The van der Waals surface area contributed by atoms with Crippen LogP contribution in [0.5, 0.6) is 0 Å². The van der Waals surface area contributed by atoms with Gasteiger partial charge in [0.25, 0.3) is 0 Å². The quantitative estimate of drug-likeness (QED) is 0.338. The van der Waals surface area contributed by atoms with E-state index in [0.717, 1.165) is 11.8 Å². The molecule has 0 aromatic rings. The highest BCUT2D eigenvalue weighted by Gasteiger charge is 2.06. The van der Waals surface area contributed by atoms with Gasteiger partial charge in [-0.2, -0.15) is 0 Å². The van der Waals surface area contributed by atoms with E-state index in [1.54, 1.807) is 0 Å². The zero-order valence-electron chi connectivity index (χ0n) is 12.9. The van der Waals surface area contributed by atoms with Gasteiger partial charge in [0.15, 0.2) is 0 Å². The second-order valence-electron chi connectivity index (χ2n) is 6.13. The molecule has 0 heteroatoms. The molecule has 17 heavy (non-hydrogen) atoms. The maximum atomic E-state index is 2.45. The van der Waals surface area contributed by atoms with Crippen LogP contribution >= 0.6 is 0 Å². The third-order valence-corrected chi connectivity index (χ3v) is 4.00. The van der Waals surface area contributed by atoms with E-state index in [4.69, 9.17) is 0 Å². The first kappa shape index (κ1) is 17.0. The highest BCUT2D eigenvalue weighted by molar-refractivity contribution is 4.59. The largest absolute Gasteiger partial charge is 0.0654 e. The Balaban J connectivity index is 3.30. The predicted molar refractivity (Wildman–Crippen MR) is 80.5 cm³/mol. The highest BCUT2D eigenvalue weighted by atomic mass is 14.1. The SMILES string of the molecule is CCCCCCCC(C)CCC(C)CCCC. The second-order valence-corrected chi connectivity index (χ2v) is 6.13. The van der Waals surface area contributed by atoms with Crippen LogP contribution in [0.1, 0.15) is 98.3 Å². The first-order valence-corrected chi connectivity index (χ1v) is 8.20. The van der Waals surface area contributed by atoms with Crippen LogP contribution in [0, 0.1) is 11.8 Å². The van der Waals surface area contributed by atoms with E-state index in [0.29, 0.717) is 0 Å². The van der Waals surface area contributed by atoms with Crippen LogP contribution in [0.2, 0.25) is 0 Å². The van der Waals surface area contributed by atoms with Crippen molar-refractivity contribution in [3.63, 3.8) is 0 Å². The number of hydrogen-bond acceptors (Lipinski definition) is 0. The van der Waals surface area contributed by atoms with E-state index in [1.165, 1.54) is 70.6 Å². The maximum absolute atomic E-state index is 2.45. The summed E-state index contributed by atoms with van der Waals surface area (Å²) in [5, 5.41) is 0. The Morgan fingerprint density at radius 3 is 1.53 bits per heavy atom. The first-order chi connectivity index (χ1) is 8.20. The molecule has 0 aliphatic heterocycles. The van der Waals surface area contributed by atoms with Crippen molar-refractivity contribution >= 4 is 0 Å². The van der Waals surface area contributed by atoms with Crippen molar-refractivity contribution in [2.24, 2.45) is 11.8 Å². The van der Waals surface area contributed by atoms with E-state index in [1.807, 2.05) is 0 Å². The number of hydrogen-bond donors (Lipinski definition) is 0. The lowest BCUT2D eigenvalue weighted by Crippen LogP contribution is -2.00. The van der Waals surface area contributed by atoms with Crippen molar-refractivity contribution in [1.82, 2.24) is 0 Å².